The van der Waals surface area contributed by atoms with Crippen LogP contribution in [0.4, 0.5) is 4.39 Å². The van der Waals surface area contributed by atoms with Crippen LogP contribution in [-0.4, -0.2) is 24.3 Å². The van der Waals surface area contributed by atoms with Crippen molar-refractivity contribution in [3.05, 3.63) is 59.8 Å². The van der Waals surface area contributed by atoms with Crippen LogP contribution in [0.1, 0.15) is 24.8 Å². The van der Waals surface area contributed by atoms with Gasteiger partial charge in [-0.1, -0.05) is 36.9 Å². The van der Waals surface area contributed by atoms with Gasteiger partial charge in [0.25, 0.3) is 5.91 Å². The summed E-state index contributed by atoms with van der Waals surface area (Å²) in [5.74, 6) is -0.853. The topological polar surface area (TPSA) is 74.0 Å². The molecule has 25 heavy (non-hydrogen) atoms. The third kappa shape index (κ3) is 3.26. The number of hydrogen-bond acceptors (Lipinski definition) is 4. The van der Waals surface area contributed by atoms with E-state index in [0.29, 0.717) is 12.3 Å². The van der Waals surface area contributed by atoms with Crippen molar-refractivity contribution in [1.29, 1.82) is 0 Å². The van der Waals surface area contributed by atoms with E-state index >= 15 is 0 Å². The molecule has 1 aromatic rings. The van der Waals surface area contributed by atoms with Crippen LogP contribution in [0, 0.1) is 11.8 Å². The van der Waals surface area contributed by atoms with Crippen molar-refractivity contribution in [2.24, 2.45) is 22.1 Å². The highest BCUT2D eigenvalue weighted by molar-refractivity contribution is 5.83. The van der Waals surface area contributed by atoms with Crippen molar-refractivity contribution < 1.29 is 14.4 Å². The van der Waals surface area contributed by atoms with Gasteiger partial charge >= 0.3 is 0 Å². The summed E-state index contributed by atoms with van der Waals surface area (Å²) < 4.78 is 14.9. The molecule has 1 amide bonds. The van der Waals surface area contributed by atoms with Gasteiger partial charge in [-0.05, 0) is 42.4 Å². The number of hydrogen-bond donors (Lipinski definition) is 2. The Labute approximate surface area is 146 Å². The van der Waals surface area contributed by atoms with Crippen molar-refractivity contribution in [2.75, 3.05) is 7.05 Å². The minimum atomic E-state index is -1.85. The second-order valence-corrected chi connectivity index (χ2v) is 6.72. The van der Waals surface area contributed by atoms with E-state index in [4.69, 9.17) is 5.21 Å². The van der Waals surface area contributed by atoms with E-state index in [1.807, 2.05) is 36.4 Å². The van der Waals surface area contributed by atoms with E-state index in [1.54, 1.807) is 7.05 Å². The van der Waals surface area contributed by atoms with E-state index < -0.39 is 17.5 Å². The number of allylic oxidation sites excluding steroid dienone is 3. The maximum atomic E-state index is 14.9. The first-order valence-corrected chi connectivity index (χ1v) is 8.38. The van der Waals surface area contributed by atoms with Crippen LogP contribution in [0.3, 0.4) is 0 Å². The molecular formula is C19H22FN3O2. The molecule has 2 N–H and O–H groups in total. The quantitative estimate of drug-likeness (QED) is 0.343. The van der Waals surface area contributed by atoms with Crippen molar-refractivity contribution in [3.8, 4) is 0 Å². The highest BCUT2D eigenvalue weighted by atomic mass is 19.1. The summed E-state index contributed by atoms with van der Waals surface area (Å²) in [5.41, 5.74) is 2.78. The lowest BCUT2D eigenvalue weighted by Crippen LogP contribution is -2.39. The molecule has 6 heteroatoms. The Bertz CT molecular complexity index is 727. The summed E-state index contributed by atoms with van der Waals surface area (Å²) in [6.45, 7) is 4.10. The minimum Gasteiger partial charge on any atom is -0.289 e. The Morgan fingerprint density at radius 1 is 1.44 bits per heavy atom. The molecule has 3 atom stereocenters. The molecule has 2 fully saturated rings. The molecule has 1 aromatic carbocycles. The van der Waals surface area contributed by atoms with E-state index in [2.05, 4.69) is 16.8 Å². The smallest absolute Gasteiger partial charge is 0.278 e. The van der Waals surface area contributed by atoms with Crippen molar-refractivity contribution in [3.63, 3.8) is 0 Å². The Hall–Kier alpha value is -2.34. The first-order chi connectivity index (χ1) is 12.0. The maximum Gasteiger partial charge on any atom is 0.278 e. The molecule has 0 heterocycles. The number of halogens is 1. The van der Waals surface area contributed by atoms with Crippen molar-refractivity contribution in [1.82, 2.24) is 5.48 Å². The Morgan fingerprint density at radius 3 is 2.68 bits per heavy atom. The van der Waals surface area contributed by atoms with Gasteiger partial charge in [0.2, 0.25) is 0 Å². The zero-order chi connectivity index (χ0) is 18.0. The van der Waals surface area contributed by atoms with Crippen molar-refractivity contribution in [2.45, 2.75) is 30.8 Å². The molecule has 0 spiro atoms. The number of alkyl halides is 1. The molecule has 1 unspecified atom stereocenters. The summed E-state index contributed by atoms with van der Waals surface area (Å²) in [5, 5.41) is 16.9. The van der Waals surface area contributed by atoms with Crippen LogP contribution in [0.2, 0.25) is 0 Å². The van der Waals surface area contributed by atoms with Gasteiger partial charge in [0.05, 0.1) is 5.70 Å². The Balaban J connectivity index is 1.90. The average molecular weight is 343 g/mol. The van der Waals surface area contributed by atoms with Gasteiger partial charge in [0.1, 0.15) is 0 Å². The molecule has 0 radical (unpaired) electrons. The molecule has 2 aliphatic rings. The highest BCUT2D eigenvalue weighted by Crippen LogP contribution is 2.61. The third-order valence-corrected chi connectivity index (χ3v) is 5.10. The van der Waals surface area contributed by atoms with Crippen LogP contribution in [0.5, 0.6) is 0 Å². The summed E-state index contributed by atoms with van der Waals surface area (Å²) in [7, 11) is 1.62. The van der Waals surface area contributed by atoms with Gasteiger partial charge in [-0.2, -0.15) is 10.2 Å². The normalized spacial score (nSPS) is 27.2. The molecule has 0 aliphatic heterocycles. The molecule has 132 valence electrons. The Kier molecular flexibility index (Phi) is 4.81. The van der Waals surface area contributed by atoms with Gasteiger partial charge in [-0.15, -0.1) is 0 Å². The minimum absolute atomic E-state index is 0.219. The molecule has 5 nitrogen and oxygen atoms in total. The van der Waals surface area contributed by atoms with E-state index in [1.165, 1.54) is 5.48 Å². The number of nitrogens with zero attached hydrogens (tertiary/aromatic N) is 2. The summed E-state index contributed by atoms with van der Waals surface area (Å²) in [6, 6.07) is 9.09. The predicted octanol–water partition coefficient (Wildman–Crippen LogP) is 3.72. The molecule has 0 bridgehead atoms. The summed E-state index contributed by atoms with van der Waals surface area (Å²) in [4.78, 5) is 11.8. The maximum absolute atomic E-state index is 14.9. The lowest BCUT2D eigenvalue weighted by molar-refractivity contribution is -0.135. The van der Waals surface area contributed by atoms with Gasteiger partial charge in [-0.25, -0.2) is 9.87 Å². The van der Waals surface area contributed by atoms with Gasteiger partial charge in [-0.3, -0.25) is 10.0 Å². The molecule has 2 aliphatic carbocycles. The van der Waals surface area contributed by atoms with Gasteiger partial charge < -0.3 is 0 Å². The standard InChI is InChI=1S/C19H22FN3O2/c1-12(10-16(22-21-2)13-8-9-13)15-11-19(15,17(20)18(24)23-25)14-6-4-3-5-7-14/h3-7,10,13,15,17,25H,1,8-9,11H2,2H3,(H,23,24)/b16-10-,22-21?/t15-,17?,19+/m1/s1. The average Bonchev–Trinajstić information content (AvgIpc) is 3.54. The fourth-order valence-corrected chi connectivity index (χ4v) is 3.54. The number of carbonyl (C=O) groups excluding carboxylic acids is 1. The van der Waals surface area contributed by atoms with E-state index in [-0.39, 0.29) is 5.92 Å². The fourth-order valence-electron chi connectivity index (χ4n) is 3.54. The largest absolute Gasteiger partial charge is 0.289 e. The zero-order valence-corrected chi connectivity index (χ0v) is 14.2. The Morgan fingerprint density at radius 2 is 2.12 bits per heavy atom. The molecule has 2 saturated carbocycles. The summed E-state index contributed by atoms with van der Waals surface area (Å²) >= 11 is 0. The zero-order valence-electron chi connectivity index (χ0n) is 14.2. The lowest BCUT2D eigenvalue weighted by Gasteiger charge is -2.21. The monoisotopic (exact) mass is 343 g/mol. The predicted molar refractivity (Wildman–Crippen MR) is 91.8 cm³/mol. The molecular weight excluding hydrogens is 321 g/mol. The number of nitrogens with one attached hydrogen (secondary N) is 1. The SMILES string of the molecule is C=C(/C=C(\N=NC)C1CC1)[C@H]1C[C@@]1(c1ccccc1)C(F)C(=O)NO. The van der Waals surface area contributed by atoms with Crippen LogP contribution in [0.15, 0.2) is 64.5 Å². The van der Waals surface area contributed by atoms with Crippen LogP contribution in [-0.2, 0) is 10.2 Å². The third-order valence-electron chi connectivity index (χ3n) is 5.10. The summed E-state index contributed by atoms with van der Waals surface area (Å²) in [6.07, 6.45) is 2.63. The number of azo groups is 1. The van der Waals surface area contributed by atoms with Gasteiger partial charge in [0, 0.05) is 18.4 Å². The van der Waals surface area contributed by atoms with Crippen LogP contribution in [0.25, 0.3) is 0 Å². The van der Waals surface area contributed by atoms with E-state index in [0.717, 1.165) is 29.7 Å². The fraction of sp³-hybridized carbons (Fsp3) is 0.421. The van der Waals surface area contributed by atoms with Gasteiger partial charge in [0.15, 0.2) is 6.17 Å². The molecule has 0 aromatic heterocycles. The van der Waals surface area contributed by atoms with Crippen LogP contribution >= 0.6 is 0 Å². The number of carbonyl (C=O) groups is 1. The molecule has 3 rings (SSSR count). The number of benzene rings is 1. The first-order valence-electron chi connectivity index (χ1n) is 8.38. The highest BCUT2D eigenvalue weighted by Gasteiger charge is 2.63. The van der Waals surface area contributed by atoms with E-state index in [9.17, 15) is 9.18 Å². The number of amides is 1. The van der Waals surface area contributed by atoms with Crippen LogP contribution < -0.4 is 5.48 Å². The lowest BCUT2D eigenvalue weighted by atomic mass is 9.86. The second kappa shape index (κ2) is 6.88. The number of rotatable bonds is 7. The first kappa shape index (κ1) is 17.5. The second-order valence-electron chi connectivity index (χ2n) is 6.72. The number of hydroxylamine groups is 1. The molecule has 0 saturated heterocycles. The van der Waals surface area contributed by atoms with Crippen molar-refractivity contribution >= 4 is 5.91 Å².